The zero-order valence-corrected chi connectivity index (χ0v) is 36.1. The normalized spacial score (nSPS) is 26.4. The average Bonchev–Trinajstić information content (AvgIpc) is 3.32. The van der Waals surface area contributed by atoms with Gasteiger partial charge in [0, 0.05) is 35.5 Å². The summed E-state index contributed by atoms with van der Waals surface area (Å²) in [6, 6.07) is 34.8. The first kappa shape index (κ1) is 43.3. The molecule has 2 heterocycles. The Kier molecular flexibility index (Phi) is 13.3. The van der Waals surface area contributed by atoms with E-state index in [0.29, 0.717) is 35.4 Å². The first-order chi connectivity index (χ1) is 30.2. The number of carbonyl (C=O) groups is 3. The summed E-state index contributed by atoms with van der Waals surface area (Å²) in [5, 5.41) is 29.8. The van der Waals surface area contributed by atoms with Gasteiger partial charge in [0.25, 0.3) is 0 Å². The predicted molar refractivity (Wildman–Crippen MR) is 247 cm³/mol. The van der Waals surface area contributed by atoms with Crippen molar-refractivity contribution in [3.8, 4) is 0 Å². The Balaban J connectivity index is 1.41. The van der Waals surface area contributed by atoms with Crippen LogP contribution < -0.4 is 10.6 Å². The van der Waals surface area contributed by atoms with Crippen LogP contribution in [0.25, 0.3) is 11.1 Å². The maximum atomic E-state index is 17.0. The smallest absolute Gasteiger partial charge is 0.193 e. The number of aryl methyl sites for hydroxylation is 2. The molecule has 7 heteroatoms. The van der Waals surface area contributed by atoms with E-state index in [0.717, 1.165) is 72.2 Å². The minimum atomic E-state index is -1.38. The number of allylic oxidation sites excluding steroid dienone is 8. The van der Waals surface area contributed by atoms with Crippen LogP contribution in [0.2, 0.25) is 0 Å². The number of aliphatic hydroxyl groups is 2. The van der Waals surface area contributed by atoms with E-state index >= 15 is 14.4 Å². The van der Waals surface area contributed by atoms with E-state index in [2.05, 4.69) is 22.8 Å². The lowest BCUT2D eigenvalue weighted by atomic mass is 9.50. The van der Waals surface area contributed by atoms with E-state index < -0.39 is 22.7 Å². The topological polar surface area (TPSA) is 116 Å². The lowest BCUT2D eigenvalue weighted by molar-refractivity contribution is -0.142. The third kappa shape index (κ3) is 8.44. The van der Waals surface area contributed by atoms with Gasteiger partial charge in [0.2, 0.25) is 0 Å². The van der Waals surface area contributed by atoms with Gasteiger partial charge in [-0.05, 0) is 124 Å². The summed E-state index contributed by atoms with van der Waals surface area (Å²) in [5.41, 5.74) is 4.64. The summed E-state index contributed by atoms with van der Waals surface area (Å²) in [6.45, 7) is 6.58. The molecule has 4 aromatic carbocycles. The van der Waals surface area contributed by atoms with Crippen LogP contribution in [0.4, 0.5) is 0 Å². The first-order valence-electron chi connectivity index (χ1n) is 22.6. The highest BCUT2D eigenvalue weighted by Crippen LogP contribution is 2.58. The minimum Gasteiger partial charge on any atom is -0.396 e. The number of Topliss-reactive ketones (excluding diaryl/α,β-unsaturated/α-hetero) is 3. The van der Waals surface area contributed by atoms with Crippen molar-refractivity contribution in [2.24, 2.45) is 34.5 Å². The monoisotopic (exact) mass is 828 g/mol. The summed E-state index contributed by atoms with van der Waals surface area (Å²) >= 11 is 0. The second kappa shape index (κ2) is 19.0. The second-order valence-electron chi connectivity index (χ2n) is 18.0. The van der Waals surface area contributed by atoms with Gasteiger partial charge in [-0.2, -0.15) is 0 Å². The highest BCUT2D eigenvalue weighted by atomic mass is 16.3. The third-order valence-electron chi connectivity index (χ3n) is 14.1. The molecule has 0 spiro atoms. The number of hydrogen-bond donors (Lipinski definition) is 4. The van der Waals surface area contributed by atoms with E-state index in [1.165, 1.54) is 0 Å². The molecule has 4 aromatic rings. The summed E-state index contributed by atoms with van der Waals surface area (Å²) in [5.74, 6) is -1.37. The van der Waals surface area contributed by atoms with Gasteiger partial charge >= 0.3 is 0 Å². The van der Waals surface area contributed by atoms with Crippen molar-refractivity contribution >= 4 is 28.5 Å². The molecule has 4 N–H and O–H groups in total. The fraction of sp³-hybridized carbons (Fsp3) is 0.364. The number of nitrogens with one attached hydrogen (secondary N) is 2. The standard InChI is InChI=1S/C55H60N2O5/c1-37-17-21-39(22-18-37)45-31-49(43-15-9-27-56-35-43)54(25-29-58,33-47(45)51(60)41-11-5-3-6-12-41)53(62)55(26-30-59)34-48(52(61)42-13-7-4-8-14-42)46(40-23-19-38(2)20-24-40)32-50(55)44-16-10-28-57-36-44/h3-8,11-14,17-24,31-34,43-44,49-50,56-59H,9-10,15-16,25-30,35-36H2,1-2H3. The van der Waals surface area contributed by atoms with Gasteiger partial charge in [0.05, 0.1) is 10.8 Å². The first-order valence-corrected chi connectivity index (χ1v) is 22.6. The van der Waals surface area contributed by atoms with E-state index in [-0.39, 0.29) is 55.2 Å². The largest absolute Gasteiger partial charge is 0.396 e. The van der Waals surface area contributed by atoms with Crippen LogP contribution >= 0.6 is 0 Å². The van der Waals surface area contributed by atoms with Crippen LogP contribution in [0.5, 0.6) is 0 Å². The van der Waals surface area contributed by atoms with E-state index in [4.69, 9.17) is 0 Å². The van der Waals surface area contributed by atoms with Crippen molar-refractivity contribution < 1.29 is 24.6 Å². The molecule has 0 aromatic heterocycles. The molecule has 0 bridgehead atoms. The molecule has 7 nitrogen and oxygen atoms in total. The van der Waals surface area contributed by atoms with Gasteiger partial charge in [-0.25, -0.2) is 0 Å². The zero-order chi connectivity index (χ0) is 43.3. The number of rotatable bonds is 14. The summed E-state index contributed by atoms with van der Waals surface area (Å²) in [6.07, 6.45) is 11.9. The molecule has 6 unspecified atom stereocenters. The van der Waals surface area contributed by atoms with Crippen LogP contribution in [0.3, 0.4) is 0 Å². The molecule has 2 aliphatic carbocycles. The maximum Gasteiger partial charge on any atom is 0.193 e. The Labute approximate surface area is 366 Å². The molecular formula is C55H60N2O5. The van der Waals surface area contributed by atoms with Gasteiger partial charge in [-0.1, -0.05) is 145 Å². The summed E-state index contributed by atoms with van der Waals surface area (Å²) in [7, 11) is 0. The quantitative estimate of drug-likeness (QED) is 0.0939. The molecular weight excluding hydrogens is 769 g/mol. The molecule has 0 saturated carbocycles. The molecule has 6 atom stereocenters. The lowest BCUT2D eigenvalue weighted by Gasteiger charge is -2.52. The number of aliphatic hydroxyl groups excluding tert-OH is 2. The maximum absolute atomic E-state index is 17.0. The van der Waals surface area contributed by atoms with Crippen molar-refractivity contribution in [1.82, 2.24) is 10.6 Å². The molecule has 4 aliphatic rings. The van der Waals surface area contributed by atoms with Gasteiger partial charge < -0.3 is 20.8 Å². The van der Waals surface area contributed by atoms with Crippen molar-refractivity contribution in [2.45, 2.75) is 52.4 Å². The van der Waals surface area contributed by atoms with Crippen LogP contribution in [0, 0.1) is 48.3 Å². The van der Waals surface area contributed by atoms with E-state index in [1.54, 1.807) is 0 Å². The van der Waals surface area contributed by atoms with Crippen LogP contribution in [-0.4, -0.2) is 67.0 Å². The molecule has 8 rings (SSSR count). The number of carbonyl (C=O) groups excluding carboxylic acids is 3. The second-order valence-corrected chi connectivity index (χ2v) is 18.0. The average molecular weight is 829 g/mol. The summed E-state index contributed by atoms with van der Waals surface area (Å²) < 4.78 is 0. The van der Waals surface area contributed by atoms with Crippen molar-refractivity contribution in [1.29, 1.82) is 0 Å². The number of benzene rings is 4. The van der Waals surface area contributed by atoms with Gasteiger partial charge in [0.15, 0.2) is 17.3 Å². The molecule has 2 fully saturated rings. The molecule has 320 valence electrons. The van der Waals surface area contributed by atoms with Crippen LogP contribution in [0.1, 0.15) is 81.5 Å². The molecule has 62 heavy (non-hydrogen) atoms. The Morgan fingerprint density at radius 1 is 0.565 bits per heavy atom. The fourth-order valence-electron chi connectivity index (χ4n) is 11.0. The number of piperidine rings is 2. The van der Waals surface area contributed by atoms with Crippen LogP contribution in [0.15, 0.2) is 145 Å². The van der Waals surface area contributed by atoms with Gasteiger partial charge in [-0.3, -0.25) is 14.4 Å². The minimum absolute atomic E-state index is 0.00181. The molecule has 2 aliphatic heterocycles. The summed E-state index contributed by atoms with van der Waals surface area (Å²) in [4.78, 5) is 47.1. The SMILES string of the molecule is Cc1ccc(C2=CC(C3CCCNC3)C(CCO)(C(=O)C3(CCO)C=C(C(=O)c4ccccc4)C(c4ccc(C)cc4)=CC3C3CCCNC3)C=C2C(=O)c2ccccc2)cc1. The number of hydrogen-bond acceptors (Lipinski definition) is 7. The Hall–Kier alpha value is -5.31. The Morgan fingerprint density at radius 2 is 0.952 bits per heavy atom. The fourth-order valence-corrected chi connectivity index (χ4v) is 11.0. The lowest BCUT2D eigenvalue weighted by Crippen LogP contribution is -2.56. The van der Waals surface area contributed by atoms with Gasteiger partial charge in [-0.15, -0.1) is 0 Å². The zero-order valence-electron chi connectivity index (χ0n) is 36.1. The third-order valence-corrected chi connectivity index (χ3v) is 14.1. The number of ketones is 3. The van der Waals surface area contributed by atoms with Crippen LogP contribution in [-0.2, 0) is 4.79 Å². The highest BCUT2D eigenvalue weighted by molar-refractivity contribution is 6.21. The molecule has 2 saturated heterocycles. The highest BCUT2D eigenvalue weighted by Gasteiger charge is 2.59. The molecule has 0 amide bonds. The van der Waals surface area contributed by atoms with E-state index in [9.17, 15) is 10.2 Å². The Bertz CT molecular complexity index is 2200. The van der Waals surface area contributed by atoms with Crippen molar-refractivity contribution in [2.75, 3.05) is 39.4 Å². The Morgan fingerprint density at radius 3 is 1.29 bits per heavy atom. The van der Waals surface area contributed by atoms with Crippen molar-refractivity contribution in [3.05, 3.63) is 178 Å². The molecule has 0 radical (unpaired) electrons. The van der Waals surface area contributed by atoms with Crippen molar-refractivity contribution in [3.63, 3.8) is 0 Å². The van der Waals surface area contributed by atoms with Gasteiger partial charge in [0.1, 0.15) is 0 Å². The van der Waals surface area contributed by atoms with E-state index in [1.807, 2.05) is 135 Å². The predicted octanol–water partition coefficient (Wildman–Crippen LogP) is 8.95.